The van der Waals surface area contributed by atoms with Crippen molar-refractivity contribution in [2.45, 2.75) is 76.1 Å². The Hall–Kier alpha value is -1.67. The molecule has 2 heterocycles. The molecule has 1 aromatic heterocycles. The maximum Gasteiger partial charge on any atom is 0.332 e. The number of hydrogen-bond donors (Lipinski definition) is 6. The second-order valence-electron chi connectivity index (χ2n) is 7.41. The summed E-state index contributed by atoms with van der Waals surface area (Å²) in [5, 5.41) is 52.0. The SMILES string of the molecule is CCCCC(F)N(O)[C@@]1(O)[C@H](O)[C@@H](CO)O[C@@]1(O)n1cc(C(C)C)c(=O)[nH]c1=O. The zero-order chi connectivity index (χ0) is 22.1. The van der Waals surface area contributed by atoms with Crippen molar-refractivity contribution in [1.82, 2.24) is 14.6 Å². The lowest BCUT2D eigenvalue weighted by Gasteiger charge is -2.43. The lowest BCUT2D eigenvalue weighted by Crippen LogP contribution is -2.69. The van der Waals surface area contributed by atoms with Crippen LogP contribution in [0, 0.1) is 0 Å². The summed E-state index contributed by atoms with van der Waals surface area (Å²) in [5.41, 5.74) is -5.27. The molecule has 0 saturated carbocycles. The van der Waals surface area contributed by atoms with Gasteiger partial charge in [0.05, 0.1) is 6.61 Å². The normalized spacial score (nSPS) is 31.0. The van der Waals surface area contributed by atoms with Gasteiger partial charge in [0.1, 0.15) is 12.2 Å². The zero-order valence-corrected chi connectivity index (χ0v) is 16.4. The number of aliphatic hydroxyl groups excluding tert-OH is 2. The molecule has 1 unspecified atom stereocenters. The second-order valence-corrected chi connectivity index (χ2v) is 7.41. The van der Waals surface area contributed by atoms with Crippen molar-refractivity contribution in [2.24, 2.45) is 0 Å². The van der Waals surface area contributed by atoms with Crippen molar-refractivity contribution in [1.29, 1.82) is 0 Å². The van der Waals surface area contributed by atoms with Crippen LogP contribution in [0.2, 0.25) is 0 Å². The van der Waals surface area contributed by atoms with Gasteiger partial charge in [0.15, 0.2) is 6.30 Å². The highest BCUT2D eigenvalue weighted by Gasteiger charge is 2.71. The molecule has 0 aromatic carbocycles. The number of unbranched alkanes of at least 4 members (excludes halogenated alkanes) is 1. The fraction of sp³-hybridized carbons (Fsp3) is 0.765. The lowest BCUT2D eigenvalue weighted by molar-refractivity contribution is -0.428. The Bertz CT molecular complexity index is 830. The van der Waals surface area contributed by atoms with E-state index in [4.69, 9.17) is 4.74 Å². The molecule has 0 radical (unpaired) electrons. The number of alkyl halides is 1. The Labute approximate surface area is 165 Å². The number of aromatic amines is 1. The van der Waals surface area contributed by atoms with E-state index in [-0.39, 0.29) is 17.0 Å². The summed E-state index contributed by atoms with van der Waals surface area (Å²) >= 11 is 0. The van der Waals surface area contributed by atoms with Crippen LogP contribution >= 0.6 is 0 Å². The smallest absolute Gasteiger partial charge is 0.332 e. The molecule has 1 saturated heterocycles. The summed E-state index contributed by atoms with van der Waals surface area (Å²) in [6.07, 6.45) is -4.65. The number of aromatic nitrogens is 2. The van der Waals surface area contributed by atoms with Crippen molar-refractivity contribution in [3.05, 3.63) is 32.6 Å². The van der Waals surface area contributed by atoms with E-state index in [1.54, 1.807) is 20.8 Å². The molecule has 1 fully saturated rings. The minimum absolute atomic E-state index is 0.0122. The first-order valence-corrected chi connectivity index (χ1v) is 9.35. The number of hydrogen-bond acceptors (Lipinski definition) is 9. The number of halogens is 1. The predicted octanol–water partition coefficient (Wildman–Crippen LogP) is -1.12. The highest BCUT2D eigenvalue weighted by molar-refractivity contribution is 5.13. The third-order valence-electron chi connectivity index (χ3n) is 5.07. The summed E-state index contributed by atoms with van der Waals surface area (Å²) in [6.45, 7) is 4.08. The van der Waals surface area contributed by atoms with Crippen molar-refractivity contribution in [2.75, 3.05) is 6.61 Å². The summed E-state index contributed by atoms with van der Waals surface area (Å²) in [6, 6.07) is 0. The summed E-state index contributed by atoms with van der Waals surface area (Å²) in [7, 11) is 0. The van der Waals surface area contributed by atoms with Gasteiger partial charge < -0.3 is 30.4 Å². The van der Waals surface area contributed by atoms with E-state index in [0.29, 0.717) is 17.4 Å². The van der Waals surface area contributed by atoms with Crippen LogP contribution in [-0.4, -0.2) is 71.1 Å². The van der Waals surface area contributed by atoms with E-state index in [0.717, 1.165) is 6.20 Å². The van der Waals surface area contributed by atoms with Crippen LogP contribution < -0.4 is 11.2 Å². The molecule has 1 aromatic rings. The van der Waals surface area contributed by atoms with E-state index in [1.165, 1.54) is 0 Å². The molecule has 0 aliphatic carbocycles. The molecular formula is C17H28FN3O8. The quantitative estimate of drug-likeness (QED) is 0.173. The highest BCUT2D eigenvalue weighted by Crippen LogP contribution is 2.44. The Balaban J connectivity index is 2.68. The first-order valence-electron chi connectivity index (χ1n) is 9.35. The van der Waals surface area contributed by atoms with E-state index in [2.05, 4.69) is 0 Å². The summed E-state index contributed by atoms with van der Waals surface area (Å²) < 4.78 is 20.0. The van der Waals surface area contributed by atoms with E-state index < -0.39 is 53.9 Å². The van der Waals surface area contributed by atoms with Gasteiger partial charge in [0.2, 0.25) is 5.72 Å². The number of nitrogens with zero attached hydrogens (tertiary/aromatic N) is 2. The fourth-order valence-electron chi connectivity index (χ4n) is 3.30. The number of rotatable bonds is 8. The fourth-order valence-corrected chi connectivity index (χ4v) is 3.30. The molecular weight excluding hydrogens is 393 g/mol. The summed E-state index contributed by atoms with van der Waals surface area (Å²) in [5.74, 6) is -3.67. The average Bonchev–Trinajstić information content (AvgIpc) is 2.87. The van der Waals surface area contributed by atoms with Crippen LogP contribution in [0.1, 0.15) is 51.5 Å². The van der Waals surface area contributed by atoms with Crippen LogP contribution in [-0.2, 0) is 10.6 Å². The van der Waals surface area contributed by atoms with Crippen molar-refractivity contribution in [3.63, 3.8) is 0 Å². The topological polar surface area (TPSA) is 168 Å². The third-order valence-corrected chi connectivity index (χ3v) is 5.07. The van der Waals surface area contributed by atoms with Crippen LogP contribution in [0.3, 0.4) is 0 Å². The number of nitrogens with one attached hydrogen (secondary N) is 1. The van der Waals surface area contributed by atoms with Gasteiger partial charge >= 0.3 is 11.6 Å². The molecule has 0 spiro atoms. The van der Waals surface area contributed by atoms with Gasteiger partial charge in [-0.15, -0.1) is 5.06 Å². The molecule has 29 heavy (non-hydrogen) atoms. The lowest BCUT2D eigenvalue weighted by atomic mass is 9.99. The highest BCUT2D eigenvalue weighted by atomic mass is 19.1. The van der Waals surface area contributed by atoms with Crippen LogP contribution in [0.15, 0.2) is 15.8 Å². The molecule has 2 rings (SSSR count). The molecule has 0 bridgehead atoms. The Kier molecular flexibility index (Phi) is 7.00. The molecule has 166 valence electrons. The van der Waals surface area contributed by atoms with Gasteiger partial charge in [0.25, 0.3) is 5.56 Å². The Morgan fingerprint density at radius 2 is 2.00 bits per heavy atom. The minimum Gasteiger partial charge on any atom is -0.394 e. The van der Waals surface area contributed by atoms with Gasteiger partial charge in [0, 0.05) is 11.8 Å². The van der Waals surface area contributed by atoms with Gasteiger partial charge in [-0.25, -0.2) is 13.8 Å². The van der Waals surface area contributed by atoms with Crippen LogP contribution in [0.4, 0.5) is 4.39 Å². The van der Waals surface area contributed by atoms with Crippen molar-refractivity contribution in [3.8, 4) is 0 Å². The molecule has 5 atom stereocenters. The molecule has 1 aliphatic rings. The standard InChI is InChI=1S/C17H28FN3O8/c1-4-5-6-12(18)21(28)16(26)13(23)11(8-22)29-17(16,27)20-7-10(9(2)3)14(24)19-15(20)25/h7,9,11-13,22-23,26-28H,4-6,8H2,1-3H3,(H,19,24,25)/t11-,12?,13-,16-,17-/m1/s1. The average molecular weight is 421 g/mol. The molecule has 12 heteroatoms. The van der Waals surface area contributed by atoms with Crippen LogP contribution in [0.25, 0.3) is 0 Å². The first-order chi connectivity index (χ1) is 13.4. The monoisotopic (exact) mass is 421 g/mol. The largest absolute Gasteiger partial charge is 0.394 e. The van der Waals surface area contributed by atoms with E-state index in [9.17, 15) is 39.6 Å². The van der Waals surface area contributed by atoms with Gasteiger partial charge in [-0.05, 0) is 18.8 Å². The molecule has 0 amide bonds. The van der Waals surface area contributed by atoms with Gasteiger partial charge in [-0.1, -0.05) is 27.2 Å². The summed E-state index contributed by atoms with van der Waals surface area (Å²) in [4.78, 5) is 26.3. The van der Waals surface area contributed by atoms with Gasteiger partial charge in [-0.2, -0.15) is 0 Å². The van der Waals surface area contributed by atoms with Gasteiger partial charge in [-0.3, -0.25) is 9.78 Å². The maximum atomic E-state index is 14.5. The molecule has 6 N–H and O–H groups in total. The zero-order valence-electron chi connectivity index (χ0n) is 16.4. The van der Waals surface area contributed by atoms with Crippen LogP contribution in [0.5, 0.6) is 0 Å². The van der Waals surface area contributed by atoms with E-state index in [1.807, 2.05) is 4.98 Å². The molecule has 1 aliphatic heterocycles. The Morgan fingerprint density at radius 1 is 1.38 bits per heavy atom. The molecule has 11 nitrogen and oxygen atoms in total. The minimum atomic E-state index is -3.29. The number of aliphatic hydroxyl groups is 4. The number of hydroxylamine groups is 2. The maximum absolute atomic E-state index is 14.5. The second kappa shape index (κ2) is 8.60. The van der Waals surface area contributed by atoms with Crippen molar-refractivity contribution < 1.29 is 34.8 Å². The first kappa shape index (κ1) is 23.6. The van der Waals surface area contributed by atoms with Crippen molar-refractivity contribution >= 4 is 0 Å². The predicted molar refractivity (Wildman–Crippen MR) is 96.6 cm³/mol. The number of H-pyrrole nitrogens is 1. The van der Waals surface area contributed by atoms with E-state index >= 15 is 0 Å². The number of ether oxygens (including phenoxy) is 1. The third kappa shape index (κ3) is 3.77. The Morgan fingerprint density at radius 3 is 2.52 bits per heavy atom.